The van der Waals surface area contributed by atoms with E-state index in [1.54, 1.807) is 0 Å². The summed E-state index contributed by atoms with van der Waals surface area (Å²) in [6, 6.07) is 0. The van der Waals surface area contributed by atoms with Crippen molar-refractivity contribution in [3.8, 4) is 0 Å². The molecule has 0 radical (unpaired) electrons. The Labute approximate surface area is 78.0 Å². The van der Waals surface area contributed by atoms with Crippen LogP contribution in [0, 0.1) is 0 Å². The van der Waals surface area contributed by atoms with Gasteiger partial charge in [-0.15, -0.1) is 0 Å². The minimum Gasteiger partial charge on any atom is -0.340 e. The molecule has 0 atom stereocenters. The first-order valence-electron chi connectivity index (χ1n) is 4.46. The largest absolute Gasteiger partial charge is 0.340 e. The van der Waals surface area contributed by atoms with E-state index in [-0.39, 0.29) is 0 Å². The summed E-state index contributed by atoms with van der Waals surface area (Å²) in [5, 5.41) is 6.77. The molecule has 1 N–H and O–H groups in total. The third kappa shape index (κ3) is 3.85. The standard InChI is InChI=1S/C9H15N3O/c1-3-8(2)6-10-5-4-9-11-7-12-13-9/h7,10H,2-6H2,1H3. The summed E-state index contributed by atoms with van der Waals surface area (Å²) in [5.41, 5.74) is 1.21. The second-order valence-corrected chi connectivity index (χ2v) is 2.87. The zero-order chi connectivity index (χ0) is 9.52. The molecule has 0 aromatic carbocycles. The van der Waals surface area contributed by atoms with Crippen LogP contribution in [0.25, 0.3) is 0 Å². The van der Waals surface area contributed by atoms with Crippen molar-refractivity contribution in [3.63, 3.8) is 0 Å². The van der Waals surface area contributed by atoms with Crippen LogP contribution in [0.15, 0.2) is 23.0 Å². The van der Waals surface area contributed by atoms with Gasteiger partial charge in [0.25, 0.3) is 0 Å². The summed E-state index contributed by atoms with van der Waals surface area (Å²) in [5.74, 6) is 0.676. The van der Waals surface area contributed by atoms with Crippen molar-refractivity contribution < 1.29 is 4.52 Å². The Balaban J connectivity index is 2.05. The zero-order valence-corrected chi connectivity index (χ0v) is 7.92. The van der Waals surface area contributed by atoms with E-state index >= 15 is 0 Å². The third-order valence-corrected chi connectivity index (χ3v) is 1.80. The summed E-state index contributed by atoms with van der Waals surface area (Å²) < 4.78 is 4.84. The quantitative estimate of drug-likeness (QED) is 0.528. The van der Waals surface area contributed by atoms with Gasteiger partial charge in [-0.25, -0.2) is 0 Å². The number of hydrogen-bond acceptors (Lipinski definition) is 4. The van der Waals surface area contributed by atoms with E-state index in [0.29, 0.717) is 5.89 Å². The highest BCUT2D eigenvalue weighted by Crippen LogP contribution is 1.94. The van der Waals surface area contributed by atoms with Crippen molar-refractivity contribution in [2.24, 2.45) is 0 Å². The molecule has 0 fully saturated rings. The SMILES string of the molecule is C=C(CC)CNCCc1ncno1. The Morgan fingerprint density at radius 2 is 2.54 bits per heavy atom. The van der Waals surface area contributed by atoms with Gasteiger partial charge < -0.3 is 9.84 Å². The number of nitrogens with zero attached hydrogens (tertiary/aromatic N) is 2. The molecule has 0 saturated carbocycles. The average Bonchev–Trinajstić information content (AvgIpc) is 2.64. The second-order valence-electron chi connectivity index (χ2n) is 2.87. The van der Waals surface area contributed by atoms with Gasteiger partial charge in [0, 0.05) is 19.5 Å². The molecule has 0 aliphatic carbocycles. The van der Waals surface area contributed by atoms with E-state index in [9.17, 15) is 0 Å². The summed E-state index contributed by atoms with van der Waals surface area (Å²) in [4.78, 5) is 3.91. The highest BCUT2D eigenvalue weighted by Gasteiger charge is 1.97. The van der Waals surface area contributed by atoms with Crippen LogP contribution in [-0.4, -0.2) is 23.2 Å². The van der Waals surface area contributed by atoms with E-state index < -0.39 is 0 Å². The Hall–Kier alpha value is -1.16. The molecule has 0 amide bonds. The predicted octanol–water partition coefficient (Wildman–Crippen LogP) is 1.17. The molecule has 0 unspecified atom stereocenters. The maximum Gasteiger partial charge on any atom is 0.227 e. The van der Waals surface area contributed by atoms with Crippen LogP contribution in [0.3, 0.4) is 0 Å². The van der Waals surface area contributed by atoms with Crippen LogP contribution < -0.4 is 5.32 Å². The van der Waals surface area contributed by atoms with Gasteiger partial charge in [0.05, 0.1) is 0 Å². The van der Waals surface area contributed by atoms with Crippen molar-refractivity contribution in [1.29, 1.82) is 0 Å². The van der Waals surface area contributed by atoms with Crippen LogP contribution >= 0.6 is 0 Å². The molecule has 0 aliphatic rings. The van der Waals surface area contributed by atoms with Crippen LogP contribution in [0.1, 0.15) is 19.2 Å². The molecule has 72 valence electrons. The zero-order valence-electron chi connectivity index (χ0n) is 7.92. The summed E-state index contributed by atoms with van der Waals surface area (Å²) in [7, 11) is 0. The second kappa shape index (κ2) is 5.48. The molecule has 1 rings (SSSR count). The predicted molar refractivity (Wildman–Crippen MR) is 50.3 cm³/mol. The minimum absolute atomic E-state index is 0.676. The lowest BCUT2D eigenvalue weighted by Gasteiger charge is -2.03. The molecule has 0 aliphatic heterocycles. The molecule has 1 aromatic rings. The van der Waals surface area contributed by atoms with Crippen molar-refractivity contribution in [3.05, 3.63) is 24.4 Å². The molecular formula is C9H15N3O. The van der Waals surface area contributed by atoms with E-state index in [1.165, 1.54) is 11.9 Å². The Bertz CT molecular complexity index is 243. The molecule has 1 aromatic heterocycles. The van der Waals surface area contributed by atoms with Gasteiger partial charge in [-0.05, 0) is 6.42 Å². The summed E-state index contributed by atoms with van der Waals surface area (Å²) >= 11 is 0. The van der Waals surface area contributed by atoms with Crippen molar-refractivity contribution >= 4 is 0 Å². The van der Waals surface area contributed by atoms with Gasteiger partial charge >= 0.3 is 0 Å². The van der Waals surface area contributed by atoms with E-state index in [4.69, 9.17) is 4.52 Å². The fourth-order valence-corrected chi connectivity index (χ4v) is 0.892. The van der Waals surface area contributed by atoms with Gasteiger partial charge in [-0.3, -0.25) is 0 Å². The topological polar surface area (TPSA) is 51.0 Å². The average molecular weight is 181 g/mol. The first-order chi connectivity index (χ1) is 6.33. The van der Waals surface area contributed by atoms with Gasteiger partial charge in [-0.1, -0.05) is 24.2 Å². The molecule has 13 heavy (non-hydrogen) atoms. The highest BCUT2D eigenvalue weighted by atomic mass is 16.5. The van der Waals surface area contributed by atoms with Crippen LogP contribution in [0.5, 0.6) is 0 Å². The summed E-state index contributed by atoms with van der Waals surface area (Å²) in [6.45, 7) is 7.71. The molecular weight excluding hydrogens is 166 g/mol. The van der Waals surface area contributed by atoms with Gasteiger partial charge in [0.1, 0.15) is 0 Å². The van der Waals surface area contributed by atoms with Gasteiger partial charge in [-0.2, -0.15) is 4.98 Å². The van der Waals surface area contributed by atoms with E-state index in [0.717, 1.165) is 25.9 Å². The first-order valence-corrected chi connectivity index (χ1v) is 4.46. The fraction of sp³-hybridized carbons (Fsp3) is 0.556. The molecule has 0 saturated heterocycles. The first kappa shape index (κ1) is 9.92. The Morgan fingerprint density at radius 1 is 1.69 bits per heavy atom. The Morgan fingerprint density at radius 3 is 3.15 bits per heavy atom. The lowest BCUT2D eigenvalue weighted by Crippen LogP contribution is -2.19. The van der Waals surface area contributed by atoms with Crippen LogP contribution in [-0.2, 0) is 6.42 Å². The van der Waals surface area contributed by atoms with Crippen molar-refractivity contribution in [2.45, 2.75) is 19.8 Å². The third-order valence-electron chi connectivity index (χ3n) is 1.80. The highest BCUT2D eigenvalue weighted by molar-refractivity contribution is 4.95. The van der Waals surface area contributed by atoms with E-state index in [1.807, 2.05) is 0 Å². The maximum absolute atomic E-state index is 4.84. The monoisotopic (exact) mass is 181 g/mol. The lowest BCUT2D eigenvalue weighted by atomic mass is 10.2. The van der Waals surface area contributed by atoms with E-state index in [2.05, 4.69) is 29.0 Å². The maximum atomic E-state index is 4.84. The Kier molecular flexibility index (Phi) is 4.18. The van der Waals surface area contributed by atoms with Crippen LogP contribution in [0.2, 0.25) is 0 Å². The van der Waals surface area contributed by atoms with Crippen LogP contribution in [0.4, 0.5) is 0 Å². The number of aromatic nitrogens is 2. The molecule has 0 spiro atoms. The normalized spacial score (nSPS) is 10.2. The fourth-order valence-electron chi connectivity index (χ4n) is 0.892. The number of rotatable bonds is 6. The number of hydrogen-bond donors (Lipinski definition) is 1. The lowest BCUT2D eigenvalue weighted by molar-refractivity contribution is 0.375. The smallest absolute Gasteiger partial charge is 0.227 e. The van der Waals surface area contributed by atoms with Gasteiger partial charge in [0.15, 0.2) is 6.33 Å². The molecule has 1 heterocycles. The van der Waals surface area contributed by atoms with Crippen molar-refractivity contribution in [1.82, 2.24) is 15.5 Å². The molecule has 4 heteroatoms. The number of nitrogens with one attached hydrogen (secondary N) is 1. The van der Waals surface area contributed by atoms with Gasteiger partial charge in [0.2, 0.25) is 5.89 Å². The minimum atomic E-state index is 0.676. The molecule has 0 bridgehead atoms. The van der Waals surface area contributed by atoms with Crippen molar-refractivity contribution in [2.75, 3.05) is 13.1 Å². The molecule has 4 nitrogen and oxygen atoms in total. The summed E-state index contributed by atoms with van der Waals surface area (Å²) in [6.07, 6.45) is 3.21.